The van der Waals surface area contributed by atoms with Gasteiger partial charge < -0.3 is 4.42 Å². The molecule has 0 aliphatic carbocycles. The van der Waals surface area contributed by atoms with Gasteiger partial charge in [0.05, 0.1) is 4.47 Å². The second-order valence-electron chi connectivity index (χ2n) is 3.25. The number of rotatable bonds is 2. The molecular weight excluding hydrogens is 352 g/mol. The summed E-state index contributed by atoms with van der Waals surface area (Å²) in [5, 5.41) is 0. The Bertz CT molecular complexity index is 617. The quantitative estimate of drug-likeness (QED) is 0.774. The van der Waals surface area contributed by atoms with Gasteiger partial charge in [-0.15, -0.1) is 0 Å². The third kappa shape index (κ3) is 2.56. The molecule has 0 fully saturated rings. The fourth-order valence-electron chi connectivity index (χ4n) is 1.30. The van der Waals surface area contributed by atoms with Crippen LogP contribution in [0.3, 0.4) is 0 Å². The van der Waals surface area contributed by atoms with Crippen LogP contribution in [0, 0.1) is 0 Å². The lowest BCUT2D eigenvalue weighted by Crippen LogP contribution is -2.09. The molecule has 0 radical (unpaired) electrons. The van der Waals surface area contributed by atoms with Crippen LogP contribution in [-0.2, 0) is 0 Å². The molecule has 1 heterocycles. The first-order chi connectivity index (χ1) is 8.09. The highest BCUT2D eigenvalue weighted by Gasteiger charge is 2.17. The van der Waals surface area contributed by atoms with E-state index in [1.807, 2.05) is 6.07 Å². The lowest BCUT2D eigenvalue weighted by molar-refractivity contribution is 0.100. The highest BCUT2D eigenvalue weighted by atomic mass is 79.9. The predicted molar refractivity (Wildman–Crippen MR) is 70.3 cm³/mol. The molecule has 2 aromatic rings. The molecule has 0 saturated carbocycles. The molecule has 0 aliphatic heterocycles. The van der Waals surface area contributed by atoms with Crippen molar-refractivity contribution < 1.29 is 9.21 Å². The second-order valence-corrected chi connectivity index (χ2v) is 4.96. The first-order valence-corrected chi connectivity index (χ1v) is 6.27. The Morgan fingerprint density at radius 3 is 2.35 bits per heavy atom. The number of carbonyl (C=O) groups excluding carboxylic acids is 1. The zero-order valence-electron chi connectivity index (χ0n) is 8.44. The molecule has 0 bridgehead atoms. The minimum Gasteiger partial charge on any atom is -0.417 e. The molecule has 2 rings (SSSR count). The van der Waals surface area contributed by atoms with Crippen LogP contribution in [0.5, 0.6) is 0 Å². The van der Waals surface area contributed by atoms with Crippen molar-refractivity contribution in [2.45, 2.75) is 0 Å². The van der Waals surface area contributed by atoms with Crippen LogP contribution in [0.2, 0.25) is 0 Å². The Hall–Kier alpha value is -1.20. The molecule has 0 aliphatic rings. The molecule has 86 valence electrons. The van der Waals surface area contributed by atoms with Crippen molar-refractivity contribution in [3.05, 3.63) is 67.1 Å². The van der Waals surface area contributed by atoms with Crippen molar-refractivity contribution in [3.63, 3.8) is 0 Å². The van der Waals surface area contributed by atoms with Crippen molar-refractivity contribution >= 4 is 37.6 Å². The zero-order chi connectivity index (χ0) is 12.4. The number of hydrogen-bond donors (Lipinski definition) is 0. The number of ketones is 1. The van der Waals surface area contributed by atoms with Gasteiger partial charge in [0.2, 0.25) is 5.78 Å². The van der Waals surface area contributed by atoms with E-state index in [2.05, 4.69) is 31.9 Å². The maximum absolute atomic E-state index is 12.1. The summed E-state index contributed by atoms with van der Waals surface area (Å²) in [7, 11) is 0. The Labute approximate surface area is 114 Å². The van der Waals surface area contributed by atoms with Crippen LogP contribution in [0.4, 0.5) is 0 Å². The summed E-state index contributed by atoms with van der Waals surface area (Å²) in [6, 6.07) is 10.1. The predicted octanol–water partition coefficient (Wildman–Crippen LogP) is 3.40. The van der Waals surface area contributed by atoms with E-state index in [0.717, 1.165) is 0 Å². The summed E-state index contributed by atoms with van der Waals surface area (Å²) in [6.07, 6.45) is 0. The molecular formula is C12H6Br2O3. The van der Waals surface area contributed by atoms with E-state index >= 15 is 0 Å². The van der Waals surface area contributed by atoms with Gasteiger partial charge in [-0.3, -0.25) is 4.79 Å². The van der Waals surface area contributed by atoms with Crippen LogP contribution in [0.15, 0.2) is 54.6 Å². The maximum Gasteiger partial charge on any atom is 0.350 e. The Kier molecular flexibility index (Phi) is 3.59. The first-order valence-electron chi connectivity index (χ1n) is 4.68. The van der Waals surface area contributed by atoms with E-state index in [1.165, 1.54) is 6.07 Å². The maximum atomic E-state index is 12.1. The summed E-state index contributed by atoms with van der Waals surface area (Å²) in [4.78, 5) is 23.4. The van der Waals surface area contributed by atoms with Crippen LogP contribution in [0.1, 0.15) is 16.1 Å². The van der Waals surface area contributed by atoms with E-state index < -0.39 is 5.63 Å². The summed E-state index contributed by atoms with van der Waals surface area (Å²) in [5.41, 5.74) is -0.105. The topological polar surface area (TPSA) is 47.3 Å². The van der Waals surface area contributed by atoms with Gasteiger partial charge in [0.15, 0.2) is 5.76 Å². The third-order valence-electron chi connectivity index (χ3n) is 2.10. The van der Waals surface area contributed by atoms with Gasteiger partial charge >= 0.3 is 5.63 Å². The minimum atomic E-state index is -0.576. The molecule has 0 unspecified atom stereocenters. The molecule has 1 aromatic carbocycles. The molecule has 0 atom stereocenters. The van der Waals surface area contributed by atoms with Crippen molar-refractivity contribution in [1.82, 2.24) is 0 Å². The van der Waals surface area contributed by atoms with E-state index in [1.54, 1.807) is 24.3 Å². The van der Waals surface area contributed by atoms with E-state index in [-0.39, 0.29) is 16.0 Å². The minimum absolute atomic E-state index is 0.00407. The van der Waals surface area contributed by atoms with Gasteiger partial charge in [-0.1, -0.05) is 30.3 Å². The highest BCUT2D eigenvalue weighted by molar-refractivity contribution is 9.11. The molecule has 0 N–H and O–H groups in total. The van der Waals surface area contributed by atoms with Crippen molar-refractivity contribution in [1.29, 1.82) is 0 Å². The van der Waals surface area contributed by atoms with E-state index in [0.29, 0.717) is 10.0 Å². The average molecular weight is 358 g/mol. The van der Waals surface area contributed by atoms with Crippen LogP contribution >= 0.6 is 31.9 Å². The van der Waals surface area contributed by atoms with Gasteiger partial charge in [-0.05, 0) is 37.9 Å². The summed E-state index contributed by atoms with van der Waals surface area (Å²) < 4.78 is 5.67. The van der Waals surface area contributed by atoms with Crippen LogP contribution < -0.4 is 5.63 Å². The highest BCUT2D eigenvalue weighted by Crippen LogP contribution is 2.21. The van der Waals surface area contributed by atoms with Gasteiger partial charge in [0, 0.05) is 5.56 Å². The van der Waals surface area contributed by atoms with E-state index in [9.17, 15) is 9.59 Å². The Morgan fingerprint density at radius 1 is 1.06 bits per heavy atom. The van der Waals surface area contributed by atoms with Gasteiger partial charge in [0.25, 0.3) is 0 Å². The van der Waals surface area contributed by atoms with Crippen LogP contribution in [0.25, 0.3) is 0 Å². The molecule has 3 nitrogen and oxygen atoms in total. The largest absolute Gasteiger partial charge is 0.417 e. The number of hydrogen-bond acceptors (Lipinski definition) is 3. The van der Waals surface area contributed by atoms with Gasteiger partial charge in [-0.25, -0.2) is 4.79 Å². The fourth-order valence-corrected chi connectivity index (χ4v) is 2.41. The van der Waals surface area contributed by atoms with E-state index in [4.69, 9.17) is 4.42 Å². The van der Waals surface area contributed by atoms with Crippen molar-refractivity contribution in [2.75, 3.05) is 0 Å². The average Bonchev–Trinajstić information content (AvgIpc) is 2.34. The van der Waals surface area contributed by atoms with Crippen LogP contribution in [-0.4, -0.2) is 5.78 Å². The molecule has 0 amide bonds. The standard InChI is InChI=1S/C12H6Br2O3/c13-8-6-9(14)12(16)17-11(8)10(15)7-4-2-1-3-5-7/h1-6H. The molecule has 5 heteroatoms. The monoisotopic (exact) mass is 356 g/mol. The normalized spacial score (nSPS) is 10.2. The Balaban J connectivity index is 2.52. The lowest BCUT2D eigenvalue weighted by Gasteiger charge is -2.02. The number of benzene rings is 1. The third-order valence-corrected chi connectivity index (χ3v) is 3.24. The van der Waals surface area contributed by atoms with Crippen molar-refractivity contribution in [2.24, 2.45) is 0 Å². The number of halogens is 2. The Morgan fingerprint density at radius 2 is 1.71 bits per heavy atom. The summed E-state index contributed by atoms with van der Waals surface area (Å²) in [5.74, 6) is -0.327. The first kappa shape index (κ1) is 12.3. The number of carbonyl (C=O) groups is 1. The molecule has 0 saturated heterocycles. The SMILES string of the molecule is O=C(c1ccccc1)c1oc(=O)c(Br)cc1Br. The smallest absolute Gasteiger partial charge is 0.350 e. The van der Waals surface area contributed by atoms with Crippen molar-refractivity contribution in [3.8, 4) is 0 Å². The summed E-state index contributed by atoms with van der Waals surface area (Å²) in [6.45, 7) is 0. The lowest BCUT2D eigenvalue weighted by atomic mass is 10.1. The molecule has 1 aromatic heterocycles. The molecule has 0 spiro atoms. The van der Waals surface area contributed by atoms with Gasteiger partial charge in [-0.2, -0.15) is 0 Å². The zero-order valence-corrected chi connectivity index (χ0v) is 11.6. The van der Waals surface area contributed by atoms with Gasteiger partial charge in [0.1, 0.15) is 4.47 Å². The fraction of sp³-hybridized carbons (Fsp3) is 0. The molecule has 17 heavy (non-hydrogen) atoms. The second kappa shape index (κ2) is 4.98. The summed E-state index contributed by atoms with van der Waals surface area (Å²) >= 11 is 6.23.